The molecule has 176 valence electrons. The number of nitrogens with zero attached hydrogens (tertiary/aromatic N) is 2. The van der Waals surface area contributed by atoms with Crippen molar-refractivity contribution in [3.8, 4) is 11.8 Å². The first-order chi connectivity index (χ1) is 15.5. The van der Waals surface area contributed by atoms with Crippen LogP contribution in [-0.2, 0) is 22.3 Å². The number of alkyl halides is 3. The van der Waals surface area contributed by atoms with Gasteiger partial charge in [-0.1, -0.05) is 20.8 Å². The SMILES string of the molecule is CCCOC(=O)c1ccc(CN2CC(C)(C)C(Oc3ccc(C#N)c(C(F)(F)F)c3)C2=O)o1. The maximum atomic E-state index is 13.3. The molecule has 2 aromatic rings. The number of furan rings is 1. The molecule has 1 unspecified atom stereocenters. The van der Waals surface area contributed by atoms with Gasteiger partial charge < -0.3 is 18.8 Å². The number of hydrogen-bond acceptors (Lipinski definition) is 6. The highest BCUT2D eigenvalue weighted by Gasteiger charge is 2.48. The highest BCUT2D eigenvalue weighted by molar-refractivity contribution is 5.86. The fourth-order valence-corrected chi connectivity index (χ4v) is 3.59. The van der Waals surface area contributed by atoms with Gasteiger partial charge in [0.15, 0.2) is 6.10 Å². The van der Waals surface area contributed by atoms with E-state index in [1.54, 1.807) is 19.9 Å². The van der Waals surface area contributed by atoms with Gasteiger partial charge in [0.1, 0.15) is 11.5 Å². The molecule has 1 fully saturated rings. The first kappa shape index (κ1) is 24.2. The van der Waals surface area contributed by atoms with E-state index in [9.17, 15) is 22.8 Å². The van der Waals surface area contributed by atoms with Gasteiger partial charge in [0.25, 0.3) is 5.91 Å². The van der Waals surface area contributed by atoms with E-state index >= 15 is 0 Å². The Labute approximate surface area is 188 Å². The zero-order chi connectivity index (χ0) is 24.4. The Morgan fingerprint density at radius 3 is 2.67 bits per heavy atom. The van der Waals surface area contributed by atoms with Crippen LogP contribution in [0.15, 0.2) is 34.7 Å². The lowest BCUT2D eigenvalue weighted by Gasteiger charge is -2.24. The molecule has 0 spiro atoms. The molecule has 1 atom stereocenters. The number of rotatable bonds is 7. The summed E-state index contributed by atoms with van der Waals surface area (Å²) >= 11 is 0. The van der Waals surface area contributed by atoms with Crippen LogP contribution in [0.1, 0.15) is 54.6 Å². The number of amides is 1. The minimum Gasteiger partial charge on any atom is -0.480 e. The largest absolute Gasteiger partial charge is 0.480 e. The lowest BCUT2D eigenvalue weighted by atomic mass is 9.89. The van der Waals surface area contributed by atoms with Crippen LogP contribution in [0, 0.1) is 16.7 Å². The third kappa shape index (κ3) is 5.30. The van der Waals surface area contributed by atoms with Crippen molar-refractivity contribution in [1.29, 1.82) is 5.26 Å². The standard InChI is InChI=1S/C23H23F3N2O5/c1-4-9-31-21(30)18-8-7-16(32-18)12-28-13-22(2,3)19(20(28)29)33-15-6-5-14(11-27)17(10-15)23(24,25)26/h5-8,10,19H,4,9,12-13H2,1-3H3. The zero-order valence-corrected chi connectivity index (χ0v) is 18.4. The Morgan fingerprint density at radius 1 is 1.30 bits per heavy atom. The van der Waals surface area contributed by atoms with Crippen molar-refractivity contribution in [2.75, 3.05) is 13.2 Å². The molecule has 1 aliphatic rings. The van der Waals surface area contributed by atoms with E-state index in [0.29, 0.717) is 12.2 Å². The summed E-state index contributed by atoms with van der Waals surface area (Å²) in [5.74, 6) is -0.799. The summed E-state index contributed by atoms with van der Waals surface area (Å²) in [6, 6.07) is 7.52. The van der Waals surface area contributed by atoms with E-state index < -0.39 is 40.7 Å². The van der Waals surface area contributed by atoms with Gasteiger partial charge in [-0.25, -0.2) is 4.79 Å². The number of halogens is 3. The zero-order valence-electron chi connectivity index (χ0n) is 18.4. The molecule has 1 saturated heterocycles. The molecule has 33 heavy (non-hydrogen) atoms. The molecule has 0 aliphatic carbocycles. The van der Waals surface area contributed by atoms with Crippen molar-refractivity contribution in [1.82, 2.24) is 4.90 Å². The van der Waals surface area contributed by atoms with Crippen LogP contribution in [0.5, 0.6) is 5.75 Å². The number of esters is 1. The second-order valence-corrected chi connectivity index (χ2v) is 8.40. The summed E-state index contributed by atoms with van der Waals surface area (Å²) in [6.45, 7) is 5.97. The fraction of sp³-hybridized carbons (Fsp3) is 0.435. The van der Waals surface area contributed by atoms with E-state index in [0.717, 1.165) is 12.1 Å². The smallest absolute Gasteiger partial charge is 0.417 e. The van der Waals surface area contributed by atoms with Crippen molar-refractivity contribution >= 4 is 11.9 Å². The summed E-state index contributed by atoms with van der Waals surface area (Å²) in [4.78, 5) is 26.4. The van der Waals surface area contributed by atoms with Crippen molar-refractivity contribution in [3.63, 3.8) is 0 Å². The van der Waals surface area contributed by atoms with Gasteiger partial charge in [-0.05, 0) is 36.8 Å². The van der Waals surface area contributed by atoms with Gasteiger partial charge in [-0.3, -0.25) is 4.79 Å². The molecule has 1 aromatic heterocycles. The molecule has 0 radical (unpaired) electrons. The molecule has 2 heterocycles. The Balaban J connectivity index is 1.75. The number of hydrogen-bond donors (Lipinski definition) is 0. The molecule has 0 saturated carbocycles. The average Bonchev–Trinajstić information content (AvgIpc) is 3.29. The van der Waals surface area contributed by atoms with Gasteiger partial charge in [0.05, 0.1) is 30.3 Å². The predicted octanol–water partition coefficient (Wildman–Crippen LogP) is 4.55. The molecule has 1 aromatic carbocycles. The number of likely N-dealkylation sites (tertiary alicyclic amines) is 1. The Hall–Kier alpha value is -3.48. The number of carbonyl (C=O) groups excluding carboxylic acids is 2. The number of nitriles is 1. The number of carbonyl (C=O) groups is 2. The maximum absolute atomic E-state index is 13.3. The second-order valence-electron chi connectivity index (χ2n) is 8.40. The third-order valence-corrected chi connectivity index (χ3v) is 5.16. The van der Waals surface area contributed by atoms with Crippen LogP contribution < -0.4 is 4.74 Å². The molecule has 3 rings (SSSR count). The molecular weight excluding hydrogens is 441 g/mol. The number of benzene rings is 1. The summed E-state index contributed by atoms with van der Waals surface area (Å²) < 4.78 is 56.0. The third-order valence-electron chi connectivity index (χ3n) is 5.16. The van der Waals surface area contributed by atoms with Crippen LogP contribution in [0.4, 0.5) is 13.2 Å². The minimum atomic E-state index is -4.74. The van der Waals surface area contributed by atoms with Crippen molar-refractivity contribution < 1.29 is 36.7 Å². The first-order valence-electron chi connectivity index (χ1n) is 10.3. The number of ether oxygens (including phenoxy) is 2. The van der Waals surface area contributed by atoms with E-state index in [-0.39, 0.29) is 31.2 Å². The summed E-state index contributed by atoms with van der Waals surface area (Å²) in [5, 5.41) is 8.95. The van der Waals surface area contributed by atoms with E-state index in [4.69, 9.17) is 19.2 Å². The fourth-order valence-electron chi connectivity index (χ4n) is 3.59. The molecule has 7 nitrogen and oxygen atoms in total. The minimum absolute atomic E-state index is 0.0226. The summed E-state index contributed by atoms with van der Waals surface area (Å²) in [5.41, 5.74) is -2.38. The van der Waals surface area contributed by atoms with Crippen molar-refractivity contribution in [2.45, 2.75) is 46.0 Å². The first-order valence-corrected chi connectivity index (χ1v) is 10.3. The molecule has 0 bridgehead atoms. The van der Waals surface area contributed by atoms with Gasteiger partial charge in [0.2, 0.25) is 5.76 Å². The molecular formula is C23H23F3N2O5. The van der Waals surface area contributed by atoms with Crippen LogP contribution in [-0.4, -0.2) is 36.0 Å². The quantitative estimate of drug-likeness (QED) is 0.558. The normalized spacial score (nSPS) is 17.7. The highest BCUT2D eigenvalue weighted by atomic mass is 19.4. The van der Waals surface area contributed by atoms with Gasteiger partial charge in [-0.15, -0.1) is 0 Å². The van der Waals surface area contributed by atoms with Gasteiger partial charge in [0, 0.05) is 12.0 Å². The van der Waals surface area contributed by atoms with Crippen LogP contribution >= 0.6 is 0 Å². The molecule has 0 N–H and O–H groups in total. The monoisotopic (exact) mass is 464 g/mol. The highest BCUT2D eigenvalue weighted by Crippen LogP contribution is 2.38. The summed E-state index contributed by atoms with van der Waals surface area (Å²) in [6.07, 6.45) is -5.11. The topological polar surface area (TPSA) is 92.8 Å². The molecule has 1 amide bonds. The lowest BCUT2D eigenvalue weighted by Crippen LogP contribution is -2.36. The molecule has 1 aliphatic heterocycles. The van der Waals surface area contributed by atoms with E-state index in [1.165, 1.54) is 23.1 Å². The van der Waals surface area contributed by atoms with E-state index in [2.05, 4.69) is 0 Å². The Morgan fingerprint density at radius 2 is 2.03 bits per heavy atom. The van der Waals surface area contributed by atoms with Gasteiger partial charge >= 0.3 is 12.1 Å². The lowest BCUT2D eigenvalue weighted by molar-refractivity contribution is -0.138. The Bertz CT molecular complexity index is 1080. The maximum Gasteiger partial charge on any atom is 0.417 e. The molecule has 10 heteroatoms. The van der Waals surface area contributed by atoms with E-state index in [1.807, 2.05) is 6.92 Å². The average molecular weight is 464 g/mol. The van der Waals surface area contributed by atoms with Crippen molar-refractivity contribution in [2.24, 2.45) is 5.41 Å². The van der Waals surface area contributed by atoms with Crippen LogP contribution in [0.3, 0.4) is 0 Å². The summed E-state index contributed by atoms with van der Waals surface area (Å²) in [7, 11) is 0. The predicted molar refractivity (Wildman–Crippen MR) is 109 cm³/mol. The Kier molecular flexibility index (Phi) is 6.72. The second kappa shape index (κ2) is 9.17. The van der Waals surface area contributed by atoms with Gasteiger partial charge in [-0.2, -0.15) is 18.4 Å². The van der Waals surface area contributed by atoms with Crippen LogP contribution in [0.2, 0.25) is 0 Å². The van der Waals surface area contributed by atoms with Crippen molar-refractivity contribution in [3.05, 3.63) is 53.0 Å². The van der Waals surface area contributed by atoms with Crippen LogP contribution in [0.25, 0.3) is 0 Å².